The van der Waals surface area contributed by atoms with E-state index in [4.69, 9.17) is 0 Å². The first-order valence-corrected chi connectivity index (χ1v) is 9.34. The van der Waals surface area contributed by atoms with Crippen molar-refractivity contribution in [1.29, 1.82) is 0 Å². The summed E-state index contributed by atoms with van der Waals surface area (Å²) >= 11 is 1.42. The third kappa shape index (κ3) is 5.34. The van der Waals surface area contributed by atoms with Gasteiger partial charge in [-0.25, -0.2) is 0 Å². The highest BCUT2D eigenvalue weighted by Crippen LogP contribution is 2.50. The standard InChI is InChI=1S/C20H32O2S/c1-8-9-10-15(18(22)23-19(4,5)6)16-11-12-17(21)20(16,7)13-14(2)3/h8-9,15-16H,2,10-13H2,1,3-7H3/t15-,16-,20-/m1/s1. The van der Waals surface area contributed by atoms with Crippen LogP contribution in [0.3, 0.4) is 0 Å². The third-order valence-corrected chi connectivity index (χ3v) is 5.74. The third-order valence-electron chi connectivity index (χ3n) is 4.63. The molecule has 1 fully saturated rings. The Labute approximate surface area is 146 Å². The van der Waals surface area contributed by atoms with Gasteiger partial charge in [0.25, 0.3) is 0 Å². The zero-order valence-corrected chi connectivity index (χ0v) is 16.4. The highest BCUT2D eigenvalue weighted by molar-refractivity contribution is 8.14. The molecule has 3 atom stereocenters. The summed E-state index contributed by atoms with van der Waals surface area (Å²) in [6.07, 6.45) is 6.89. The Morgan fingerprint density at radius 1 is 1.48 bits per heavy atom. The van der Waals surface area contributed by atoms with Crippen LogP contribution in [0.1, 0.15) is 67.2 Å². The SMILES string of the molecule is C=C(C)C[C@@]1(C)C(=O)CC[C@@H]1[C@@H](CC=CC)C(=O)SC(C)(C)C. The molecule has 130 valence electrons. The molecule has 3 heteroatoms. The zero-order chi connectivity index (χ0) is 17.8. The van der Waals surface area contributed by atoms with Crippen LogP contribution in [0.5, 0.6) is 0 Å². The average molecular weight is 337 g/mol. The fraction of sp³-hybridized carbons (Fsp3) is 0.700. The lowest BCUT2D eigenvalue weighted by Gasteiger charge is -2.35. The van der Waals surface area contributed by atoms with Crippen molar-refractivity contribution in [2.24, 2.45) is 17.3 Å². The van der Waals surface area contributed by atoms with Gasteiger partial charge in [-0.2, -0.15) is 0 Å². The molecular weight excluding hydrogens is 304 g/mol. The molecule has 0 aromatic carbocycles. The largest absolute Gasteiger partial charge is 0.299 e. The number of thioether (sulfide) groups is 1. The Bertz CT molecular complexity index is 498. The van der Waals surface area contributed by atoms with Crippen molar-refractivity contribution in [1.82, 2.24) is 0 Å². The summed E-state index contributed by atoms with van der Waals surface area (Å²) in [4.78, 5) is 25.5. The van der Waals surface area contributed by atoms with Gasteiger partial charge in [-0.1, -0.05) is 57.2 Å². The van der Waals surface area contributed by atoms with Crippen molar-refractivity contribution >= 4 is 22.7 Å². The summed E-state index contributed by atoms with van der Waals surface area (Å²) in [7, 11) is 0. The Kier molecular flexibility index (Phi) is 6.88. The minimum absolute atomic E-state index is 0.0915. The maximum atomic E-state index is 12.9. The van der Waals surface area contributed by atoms with Crippen LogP contribution in [-0.4, -0.2) is 15.6 Å². The molecule has 0 aromatic heterocycles. The van der Waals surface area contributed by atoms with E-state index >= 15 is 0 Å². The molecule has 0 unspecified atom stereocenters. The predicted molar refractivity (Wildman–Crippen MR) is 101 cm³/mol. The van der Waals surface area contributed by atoms with E-state index in [1.807, 2.05) is 26.8 Å². The number of carbonyl (C=O) groups is 2. The van der Waals surface area contributed by atoms with Crippen LogP contribution in [0, 0.1) is 17.3 Å². The molecule has 0 N–H and O–H groups in total. The molecule has 0 aliphatic heterocycles. The van der Waals surface area contributed by atoms with Crippen LogP contribution in [0.4, 0.5) is 0 Å². The molecule has 1 aliphatic carbocycles. The molecule has 0 spiro atoms. The van der Waals surface area contributed by atoms with Crippen molar-refractivity contribution in [3.8, 4) is 0 Å². The first kappa shape index (κ1) is 20.2. The zero-order valence-electron chi connectivity index (χ0n) is 15.6. The lowest BCUT2D eigenvalue weighted by Crippen LogP contribution is -2.37. The summed E-state index contributed by atoms with van der Waals surface area (Å²) in [5, 5.41) is 0.225. The minimum atomic E-state index is -0.438. The summed E-state index contributed by atoms with van der Waals surface area (Å²) in [5.41, 5.74) is 0.583. The maximum absolute atomic E-state index is 12.9. The number of hydrogen-bond donors (Lipinski definition) is 0. The molecule has 1 saturated carbocycles. The first-order valence-electron chi connectivity index (χ1n) is 8.53. The van der Waals surface area contributed by atoms with E-state index in [-0.39, 0.29) is 21.7 Å². The van der Waals surface area contributed by atoms with Crippen LogP contribution in [0.25, 0.3) is 0 Å². The highest BCUT2D eigenvalue weighted by atomic mass is 32.2. The second-order valence-electron chi connectivity index (χ2n) is 8.06. The number of Topliss-reactive ketones (excluding diaryl/α,β-unsaturated/α-hetero) is 1. The van der Waals surface area contributed by atoms with Crippen molar-refractivity contribution in [2.75, 3.05) is 0 Å². The van der Waals surface area contributed by atoms with Crippen LogP contribution in [0.2, 0.25) is 0 Å². The lowest BCUT2D eigenvalue weighted by molar-refractivity contribution is -0.128. The Morgan fingerprint density at radius 2 is 2.09 bits per heavy atom. The molecule has 1 aliphatic rings. The number of rotatable bonds is 6. The van der Waals surface area contributed by atoms with Gasteiger partial charge in [-0.05, 0) is 39.0 Å². The number of ketones is 1. The second kappa shape index (κ2) is 7.83. The molecule has 0 aromatic rings. The normalized spacial score (nSPS) is 26.7. The van der Waals surface area contributed by atoms with Gasteiger partial charge < -0.3 is 0 Å². The molecule has 0 heterocycles. The minimum Gasteiger partial charge on any atom is -0.299 e. The van der Waals surface area contributed by atoms with Crippen LogP contribution in [-0.2, 0) is 9.59 Å². The molecule has 0 saturated heterocycles. The van der Waals surface area contributed by atoms with Crippen LogP contribution >= 0.6 is 11.8 Å². The monoisotopic (exact) mass is 336 g/mol. The average Bonchev–Trinajstić information content (AvgIpc) is 2.64. The van der Waals surface area contributed by atoms with Gasteiger partial charge in [0.1, 0.15) is 5.78 Å². The van der Waals surface area contributed by atoms with Crippen molar-refractivity contribution in [2.45, 2.75) is 72.0 Å². The van der Waals surface area contributed by atoms with Gasteiger partial charge >= 0.3 is 0 Å². The van der Waals surface area contributed by atoms with Gasteiger partial charge in [0.2, 0.25) is 0 Å². The van der Waals surface area contributed by atoms with Crippen molar-refractivity contribution < 1.29 is 9.59 Å². The first-order chi connectivity index (χ1) is 10.5. The summed E-state index contributed by atoms with van der Waals surface area (Å²) in [6, 6.07) is 0. The molecule has 0 bridgehead atoms. The topological polar surface area (TPSA) is 34.1 Å². The highest BCUT2D eigenvalue weighted by Gasteiger charge is 2.50. The molecule has 0 amide bonds. The number of allylic oxidation sites excluding steroid dienone is 3. The molecule has 0 radical (unpaired) electrons. The fourth-order valence-electron chi connectivity index (χ4n) is 3.68. The van der Waals surface area contributed by atoms with Crippen molar-refractivity contribution in [3.63, 3.8) is 0 Å². The van der Waals surface area contributed by atoms with E-state index < -0.39 is 5.41 Å². The smallest absolute Gasteiger partial charge is 0.193 e. The van der Waals surface area contributed by atoms with E-state index in [2.05, 4.69) is 33.4 Å². The van der Waals surface area contributed by atoms with E-state index in [1.165, 1.54) is 11.8 Å². The summed E-state index contributed by atoms with van der Waals surface area (Å²) in [6.45, 7) is 16.2. The summed E-state index contributed by atoms with van der Waals surface area (Å²) in [5.74, 6) is 0.320. The van der Waals surface area contributed by atoms with Gasteiger partial charge in [0.05, 0.1) is 0 Å². The van der Waals surface area contributed by atoms with Gasteiger partial charge in [-0.3, -0.25) is 9.59 Å². The van der Waals surface area contributed by atoms with Crippen molar-refractivity contribution in [3.05, 3.63) is 24.3 Å². The second-order valence-corrected chi connectivity index (χ2v) is 9.90. The Hall–Kier alpha value is -0.830. The Balaban J connectivity index is 3.11. The van der Waals surface area contributed by atoms with Crippen LogP contribution < -0.4 is 0 Å². The van der Waals surface area contributed by atoms with Crippen LogP contribution in [0.15, 0.2) is 24.3 Å². The lowest BCUT2D eigenvalue weighted by atomic mass is 9.68. The Morgan fingerprint density at radius 3 is 2.57 bits per heavy atom. The number of hydrogen-bond acceptors (Lipinski definition) is 3. The van der Waals surface area contributed by atoms with E-state index in [1.54, 1.807) is 0 Å². The quantitative estimate of drug-likeness (QED) is 0.594. The molecule has 1 rings (SSSR count). The maximum Gasteiger partial charge on any atom is 0.193 e. The summed E-state index contributed by atoms with van der Waals surface area (Å²) < 4.78 is -0.0986. The van der Waals surface area contributed by atoms with E-state index in [9.17, 15) is 9.59 Å². The van der Waals surface area contributed by atoms with E-state index in [0.717, 1.165) is 18.4 Å². The van der Waals surface area contributed by atoms with E-state index in [0.29, 0.717) is 18.6 Å². The molecule has 23 heavy (non-hydrogen) atoms. The molecule has 2 nitrogen and oxygen atoms in total. The fourth-order valence-corrected chi connectivity index (χ4v) is 4.70. The predicted octanol–water partition coefficient (Wildman–Crippen LogP) is 5.58. The van der Waals surface area contributed by atoms with Gasteiger partial charge in [0, 0.05) is 22.5 Å². The molecular formula is C20H32O2S. The van der Waals surface area contributed by atoms with Gasteiger partial charge in [0.15, 0.2) is 5.12 Å². The number of carbonyl (C=O) groups excluding carboxylic acids is 2. The van der Waals surface area contributed by atoms with Gasteiger partial charge in [-0.15, -0.1) is 6.58 Å².